The van der Waals surface area contributed by atoms with E-state index < -0.39 is 10.0 Å². The first-order valence-electron chi connectivity index (χ1n) is 6.64. The first kappa shape index (κ1) is 14.9. The van der Waals surface area contributed by atoms with Gasteiger partial charge in [-0.05, 0) is 36.2 Å². The van der Waals surface area contributed by atoms with Crippen LogP contribution in [0.25, 0.3) is 0 Å². The molecule has 0 amide bonds. The van der Waals surface area contributed by atoms with Gasteiger partial charge in [-0.2, -0.15) is 0 Å². The maximum atomic E-state index is 12.2. The lowest BCUT2D eigenvalue weighted by Crippen LogP contribution is -2.40. The molecule has 0 fully saturated rings. The van der Waals surface area contributed by atoms with E-state index in [0.29, 0.717) is 17.3 Å². The van der Waals surface area contributed by atoms with Gasteiger partial charge >= 0.3 is 0 Å². The zero-order valence-corrected chi connectivity index (χ0v) is 13.4. The molecule has 0 aliphatic carbocycles. The van der Waals surface area contributed by atoms with E-state index in [-0.39, 0.29) is 10.9 Å². The van der Waals surface area contributed by atoms with E-state index in [1.54, 1.807) is 6.07 Å². The molecule has 0 saturated heterocycles. The molecule has 1 aliphatic rings. The molecule has 114 valence electrons. The Morgan fingerprint density at radius 3 is 2.73 bits per heavy atom. The smallest absolute Gasteiger partial charge is 0.266 e. The van der Waals surface area contributed by atoms with Crippen molar-refractivity contribution in [1.29, 1.82) is 0 Å². The molecule has 7 heteroatoms. The van der Waals surface area contributed by atoms with Crippen molar-refractivity contribution in [2.75, 3.05) is 5.32 Å². The third-order valence-electron chi connectivity index (χ3n) is 3.38. The van der Waals surface area contributed by atoms with Crippen LogP contribution in [-0.4, -0.2) is 14.4 Å². The van der Waals surface area contributed by atoms with Gasteiger partial charge in [-0.15, -0.1) is 0 Å². The number of aliphatic imine (C=N–C) groups is 1. The van der Waals surface area contributed by atoms with Crippen LogP contribution in [0.15, 0.2) is 52.4 Å². The van der Waals surface area contributed by atoms with Crippen molar-refractivity contribution in [2.24, 2.45) is 4.99 Å². The summed E-state index contributed by atoms with van der Waals surface area (Å²) >= 11 is 5.92. The van der Waals surface area contributed by atoms with Gasteiger partial charge in [-0.3, -0.25) is 0 Å². The minimum Gasteiger partial charge on any atom is -0.324 e. The van der Waals surface area contributed by atoms with Crippen LogP contribution in [0.3, 0.4) is 0 Å². The summed E-state index contributed by atoms with van der Waals surface area (Å²) in [6, 6.07) is 12.4. The van der Waals surface area contributed by atoms with Gasteiger partial charge in [-0.25, -0.2) is 18.1 Å². The minimum atomic E-state index is -3.62. The summed E-state index contributed by atoms with van der Waals surface area (Å²) in [5.41, 5.74) is 2.57. The topological polar surface area (TPSA) is 70.6 Å². The van der Waals surface area contributed by atoms with Crippen molar-refractivity contribution in [3.63, 3.8) is 0 Å². The Hall–Kier alpha value is -2.05. The fourth-order valence-electron chi connectivity index (χ4n) is 2.19. The Labute approximate surface area is 134 Å². The largest absolute Gasteiger partial charge is 0.324 e. The van der Waals surface area contributed by atoms with Crippen molar-refractivity contribution in [1.82, 2.24) is 4.72 Å². The highest BCUT2D eigenvalue weighted by atomic mass is 35.5. The molecule has 0 aromatic heterocycles. The maximum absolute atomic E-state index is 12.2. The molecule has 3 rings (SSSR count). The van der Waals surface area contributed by atoms with E-state index in [9.17, 15) is 8.42 Å². The Balaban J connectivity index is 1.92. The van der Waals surface area contributed by atoms with Crippen LogP contribution in [0.4, 0.5) is 5.69 Å². The number of nitrogens with zero attached hydrogens (tertiary/aromatic N) is 1. The van der Waals surface area contributed by atoms with Crippen LogP contribution >= 0.6 is 11.6 Å². The lowest BCUT2D eigenvalue weighted by atomic mass is 10.1. The van der Waals surface area contributed by atoms with Gasteiger partial charge < -0.3 is 5.32 Å². The zero-order chi connectivity index (χ0) is 15.7. The first-order valence-corrected chi connectivity index (χ1v) is 8.50. The quantitative estimate of drug-likeness (QED) is 0.886. The molecule has 0 radical (unpaired) electrons. The summed E-state index contributed by atoms with van der Waals surface area (Å²) in [5.74, 6) is 0.193. The van der Waals surface area contributed by atoms with E-state index in [1.165, 1.54) is 12.1 Å². The molecule has 22 heavy (non-hydrogen) atoms. The van der Waals surface area contributed by atoms with Crippen LogP contribution in [0.2, 0.25) is 5.02 Å². The molecule has 0 atom stereocenters. The highest BCUT2D eigenvalue weighted by Gasteiger charge is 2.26. The number of anilines is 1. The number of rotatable bonds is 2. The van der Waals surface area contributed by atoms with Gasteiger partial charge in [0.25, 0.3) is 10.0 Å². The lowest BCUT2D eigenvalue weighted by molar-refractivity contribution is 0.591. The van der Waals surface area contributed by atoms with Gasteiger partial charge in [0.2, 0.25) is 5.96 Å². The number of hydrogen-bond acceptors (Lipinski definition) is 3. The lowest BCUT2D eigenvalue weighted by Gasteiger charge is -2.21. The third kappa shape index (κ3) is 2.93. The molecular weight excluding hydrogens is 322 g/mol. The zero-order valence-electron chi connectivity index (χ0n) is 11.8. The van der Waals surface area contributed by atoms with Crippen LogP contribution < -0.4 is 10.0 Å². The molecule has 2 aromatic carbocycles. The van der Waals surface area contributed by atoms with Gasteiger partial charge in [0.15, 0.2) is 0 Å². The Bertz CT molecular complexity index is 863. The van der Waals surface area contributed by atoms with Crippen molar-refractivity contribution < 1.29 is 8.42 Å². The van der Waals surface area contributed by atoms with E-state index in [2.05, 4.69) is 15.0 Å². The van der Waals surface area contributed by atoms with E-state index >= 15 is 0 Å². The van der Waals surface area contributed by atoms with Gasteiger partial charge in [-0.1, -0.05) is 35.9 Å². The van der Waals surface area contributed by atoms with Crippen LogP contribution in [0, 0.1) is 6.92 Å². The van der Waals surface area contributed by atoms with Gasteiger partial charge in [0.05, 0.1) is 12.2 Å². The monoisotopic (exact) mass is 335 g/mol. The molecule has 5 nitrogen and oxygen atoms in total. The predicted molar refractivity (Wildman–Crippen MR) is 87.7 cm³/mol. The number of nitrogens with one attached hydrogen (secondary N) is 2. The number of hydrogen-bond donors (Lipinski definition) is 2. The number of fused-ring (bicyclic) bond motifs is 1. The van der Waals surface area contributed by atoms with Crippen LogP contribution in [0.5, 0.6) is 0 Å². The highest BCUT2D eigenvalue weighted by Crippen LogP contribution is 2.27. The maximum Gasteiger partial charge on any atom is 0.266 e. The first-order chi connectivity index (χ1) is 10.5. The summed E-state index contributed by atoms with van der Waals surface area (Å²) in [5, 5.41) is 3.42. The average molecular weight is 336 g/mol. The SMILES string of the molecule is Cc1ccccc1CN=C1Nc2cc(Cl)ccc2S(=O)(=O)N1. The second-order valence-electron chi connectivity index (χ2n) is 4.96. The number of aryl methyl sites for hydroxylation is 1. The highest BCUT2D eigenvalue weighted by molar-refractivity contribution is 7.90. The molecule has 0 bridgehead atoms. The number of benzene rings is 2. The van der Waals surface area contributed by atoms with Crippen molar-refractivity contribution in [3.05, 3.63) is 58.6 Å². The minimum absolute atomic E-state index is 0.159. The normalized spacial score (nSPS) is 17.5. The van der Waals surface area contributed by atoms with Crippen LogP contribution in [0.1, 0.15) is 11.1 Å². The van der Waals surface area contributed by atoms with E-state index in [0.717, 1.165) is 11.1 Å². The standard InChI is InChI=1S/C15H14ClN3O2S/c1-10-4-2-3-5-11(10)9-17-15-18-13-8-12(16)6-7-14(13)22(20,21)19-15/h2-8H,9H2,1H3,(H2,17,18,19). The summed E-state index contributed by atoms with van der Waals surface area (Å²) in [7, 11) is -3.62. The molecule has 0 unspecified atom stereocenters. The molecule has 2 N–H and O–H groups in total. The average Bonchev–Trinajstić information content (AvgIpc) is 2.45. The summed E-state index contributed by atoms with van der Waals surface area (Å²) < 4.78 is 26.8. The Morgan fingerprint density at radius 2 is 1.95 bits per heavy atom. The second-order valence-corrected chi connectivity index (χ2v) is 7.05. The molecule has 1 heterocycles. The number of guanidine groups is 1. The van der Waals surface area contributed by atoms with E-state index in [4.69, 9.17) is 11.6 Å². The van der Waals surface area contributed by atoms with E-state index in [1.807, 2.05) is 31.2 Å². The summed E-state index contributed by atoms with van der Waals surface area (Å²) in [6.07, 6.45) is 0. The molecule has 1 aliphatic heterocycles. The summed E-state index contributed by atoms with van der Waals surface area (Å²) in [4.78, 5) is 4.47. The third-order valence-corrected chi connectivity index (χ3v) is 5.02. The van der Waals surface area contributed by atoms with Gasteiger partial charge in [0, 0.05) is 5.02 Å². The molecule has 0 saturated carbocycles. The molecule has 0 spiro atoms. The molecule has 2 aromatic rings. The molecular formula is C15H14ClN3O2S. The fourth-order valence-corrected chi connectivity index (χ4v) is 3.49. The second kappa shape index (κ2) is 5.62. The van der Waals surface area contributed by atoms with Crippen molar-refractivity contribution in [3.8, 4) is 0 Å². The van der Waals surface area contributed by atoms with Crippen molar-refractivity contribution in [2.45, 2.75) is 18.4 Å². The summed E-state index contributed by atoms with van der Waals surface area (Å²) in [6.45, 7) is 2.37. The Morgan fingerprint density at radius 1 is 1.18 bits per heavy atom. The Kier molecular flexibility index (Phi) is 3.80. The van der Waals surface area contributed by atoms with Crippen LogP contribution in [-0.2, 0) is 16.6 Å². The number of halogens is 1. The fraction of sp³-hybridized carbons (Fsp3) is 0.133. The van der Waals surface area contributed by atoms with Crippen molar-refractivity contribution >= 4 is 33.3 Å². The number of sulfonamides is 1. The predicted octanol–water partition coefficient (Wildman–Crippen LogP) is 2.91. The van der Waals surface area contributed by atoms with Gasteiger partial charge in [0.1, 0.15) is 4.90 Å².